The minimum Gasteiger partial charge on any atom is -0.380 e. The summed E-state index contributed by atoms with van der Waals surface area (Å²) in [5.74, 6) is 0.204. The molecule has 0 aliphatic carbocycles. The molecule has 0 saturated carbocycles. The number of nitrogen functional groups attached to an aromatic ring is 1. The maximum atomic E-state index is 11.4. The fraction of sp³-hybridized carbons (Fsp3) is 0.182. The zero-order valence-corrected chi connectivity index (χ0v) is 12.9. The Kier molecular flexibility index (Phi) is 4.14. The van der Waals surface area contributed by atoms with E-state index in [0.717, 1.165) is 6.26 Å². The van der Waals surface area contributed by atoms with Gasteiger partial charge in [-0.2, -0.15) is 10.2 Å². The van der Waals surface area contributed by atoms with E-state index in [1.54, 1.807) is 31.3 Å². The topological polar surface area (TPSA) is 115 Å². The Labute approximate surface area is 126 Å². The van der Waals surface area contributed by atoms with Crippen LogP contribution in [0.1, 0.15) is 0 Å². The zero-order valence-electron chi connectivity index (χ0n) is 11.3. The molecule has 8 nitrogen and oxygen atoms in total. The molecule has 1 heterocycles. The van der Waals surface area contributed by atoms with Gasteiger partial charge in [-0.05, 0) is 18.2 Å². The molecule has 1 aromatic heterocycles. The molecule has 0 saturated heterocycles. The van der Waals surface area contributed by atoms with Crippen molar-refractivity contribution in [3.63, 3.8) is 0 Å². The van der Waals surface area contributed by atoms with Crippen LogP contribution in [0.15, 0.2) is 34.5 Å². The van der Waals surface area contributed by atoms with Crippen molar-refractivity contribution in [3.05, 3.63) is 29.3 Å². The molecule has 0 spiro atoms. The molecule has 0 bridgehead atoms. The first-order valence-electron chi connectivity index (χ1n) is 5.74. The molecule has 0 radical (unpaired) electrons. The summed E-state index contributed by atoms with van der Waals surface area (Å²) in [5.41, 5.74) is 6.36. The van der Waals surface area contributed by atoms with E-state index >= 15 is 0 Å². The van der Waals surface area contributed by atoms with Gasteiger partial charge < -0.3 is 5.73 Å². The van der Waals surface area contributed by atoms with Crippen molar-refractivity contribution in [1.82, 2.24) is 9.78 Å². The second-order valence-corrected chi connectivity index (χ2v) is 6.45. The summed E-state index contributed by atoms with van der Waals surface area (Å²) in [7, 11) is -1.94. The van der Waals surface area contributed by atoms with Crippen LogP contribution in [-0.2, 0) is 17.1 Å². The van der Waals surface area contributed by atoms with Crippen molar-refractivity contribution in [2.75, 3.05) is 16.7 Å². The number of nitrogens with two attached hydrogens (primary N) is 1. The van der Waals surface area contributed by atoms with Gasteiger partial charge in [-0.15, -0.1) is 5.11 Å². The van der Waals surface area contributed by atoms with Crippen molar-refractivity contribution in [2.45, 2.75) is 0 Å². The number of aryl methyl sites for hydroxylation is 1. The maximum absolute atomic E-state index is 11.4. The average molecular weight is 329 g/mol. The Morgan fingerprint density at radius 3 is 2.71 bits per heavy atom. The number of rotatable bonds is 4. The molecule has 1 aromatic carbocycles. The third kappa shape index (κ3) is 3.92. The Morgan fingerprint density at radius 1 is 1.38 bits per heavy atom. The van der Waals surface area contributed by atoms with Gasteiger partial charge in [0.05, 0.1) is 11.9 Å². The summed E-state index contributed by atoms with van der Waals surface area (Å²) in [5, 5.41) is 12.4. The number of hydrogen-bond donors (Lipinski definition) is 2. The first-order valence-corrected chi connectivity index (χ1v) is 8.01. The summed E-state index contributed by atoms with van der Waals surface area (Å²) >= 11 is 5.85. The molecular formula is C11H13ClN6O2S. The number of sulfonamides is 1. The second kappa shape index (κ2) is 5.70. The highest BCUT2D eigenvalue weighted by atomic mass is 35.5. The predicted octanol–water partition coefficient (Wildman–Crippen LogP) is 2.44. The lowest BCUT2D eigenvalue weighted by molar-refractivity contribution is 0.606. The number of azo groups is 1. The predicted molar refractivity (Wildman–Crippen MR) is 81.7 cm³/mol. The zero-order chi connectivity index (χ0) is 15.6. The molecule has 21 heavy (non-hydrogen) atoms. The third-order valence-corrected chi connectivity index (χ3v) is 3.20. The Balaban J connectivity index is 2.40. The minimum absolute atomic E-state index is 0.0643. The van der Waals surface area contributed by atoms with Crippen LogP contribution < -0.4 is 10.5 Å². The normalized spacial score (nSPS) is 12.0. The van der Waals surface area contributed by atoms with Gasteiger partial charge in [0, 0.05) is 12.1 Å². The fourth-order valence-corrected chi connectivity index (χ4v) is 2.33. The number of anilines is 2. The van der Waals surface area contributed by atoms with Gasteiger partial charge in [0.25, 0.3) is 0 Å². The molecule has 0 fully saturated rings. The van der Waals surface area contributed by atoms with Gasteiger partial charge in [0.15, 0.2) is 17.3 Å². The van der Waals surface area contributed by atoms with E-state index < -0.39 is 10.0 Å². The van der Waals surface area contributed by atoms with Gasteiger partial charge in [-0.1, -0.05) is 17.7 Å². The van der Waals surface area contributed by atoms with Crippen LogP contribution in [0.5, 0.6) is 0 Å². The van der Waals surface area contributed by atoms with Crippen LogP contribution in [0.4, 0.5) is 23.0 Å². The summed E-state index contributed by atoms with van der Waals surface area (Å²) in [6.07, 6.45) is 1.02. The fourth-order valence-electron chi connectivity index (χ4n) is 1.57. The van der Waals surface area contributed by atoms with Crippen LogP contribution in [0, 0.1) is 0 Å². The summed E-state index contributed by atoms with van der Waals surface area (Å²) in [4.78, 5) is 0. The smallest absolute Gasteiger partial charge is 0.231 e. The van der Waals surface area contributed by atoms with Gasteiger partial charge in [-0.3, -0.25) is 4.72 Å². The number of aromatic nitrogens is 2. The molecule has 0 amide bonds. The minimum atomic E-state index is -3.49. The number of halogens is 1. The first kappa shape index (κ1) is 15.3. The summed E-state index contributed by atoms with van der Waals surface area (Å²) in [6, 6.07) is 6.74. The Hall–Kier alpha value is -2.13. The number of nitrogens with zero attached hydrogens (tertiary/aromatic N) is 4. The van der Waals surface area contributed by atoms with E-state index in [1.165, 1.54) is 4.68 Å². The number of nitrogens with one attached hydrogen (secondary N) is 1. The van der Waals surface area contributed by atoms with Crippen LogP contribution in [0.25, 0.3) is 0 Å². The number of benzene rings is 1. The Bertz CT molecular complexity index is 799. The molecule has 2 aromatic rings. The van der Waals surface area contributed by atoms with E-state index in [-0.39, 0.29) is 17.3 Å². The van der Waals surface area contributed by atoms with Gasteiger partial charge in [0.2, 0.25) is 10.0 Å². The van der Waals surface area contributed by atoms with E-state index in [1.807, 2.05) is 0 Å². The molecule has 2 rings (SSSR count). The quantitative estimate of drug-likeness (QED) is 0.838. The molecule has 0 aliphatic rings. The van der Waals surface area contributed by atoms with E-state index in [4.69, 9.17) is 17.3 Å². The van der Waals surface area contributed by atoms with Crippen LogP contribution in [0.2, 0.25) is 5.02 Å². The van der Waals surface area contributed by atoms with Crippen molar-refractivity contribution in [3.8, 4) is 0 Å². The molecule has 10 heteroatoms. The highest BCUT2D eigenvalue weighted by Crippen LogP contribution is 2.33. The highest BCUT2D eigenvalue weighted by Gasteiger charge is 2.17. The number of hydrogen-bond acceptors (Lipinski definition) is 6. The largest absolute Gasteiger partial charge is 0.380 e. The van der Waals surface area contributed by atoms with Crippen LogP contribution in [-0.4, -0.2) is 24.5 Å². The standard InChI is InChI=1S/C11H13ClN6O2S/c1-18-11(17-21(2,19)20)9(10(13)16-18)15-14-8-5-3-4-7(12)6-8/h3-6,17H,1-2H3,(H2,13,16). The lowest BCUT2D eigenvalue weighted by atomic mass is 10.3. The highest BCUT2D eigenvalue weighted by molar-refractivity contribution is 7.92. The summed E-state index contributed by atoms with van der Waals surface area (Å²) in [6.45, 7) is 0. The van der Waals surface area contributed by atoms with Gasteiger partial charge >= 0.3 is 0 Å². The maximum Gasteiger partial charge on any atom is 0.231 e. The lowest BCUT2D eigenvalue weighted by Crippen LogP contribution is -2.12. The second-order valence-electron chi connectivity index (χ2n) is 4.26. The average Bonchev–Trinajstić information content (AvgIpc) is 2.60. The van der Waals surface area contributed by atoms with E-state index in [0.29, 0.717) is 10.7 Å². The molecule has 112 valence electrons. The van der Waals surface area contributed by atoms with Crippen molar-refractivity contribution < 1.29 is 8.42 Å². The SMILES string of the molecule is Cn1nc(N)c(N=Nc2cccc(Cl)c2)c1NS(C)(=O)=O. The third-order valence-electron chi connectivity index (χ3n) is 2.40. The van der Waals surface area contributed by atoms with E-state index in [2.05, 4.69) is 20.0 Å². The van der Waals surface area contributed by atoms with Crippen molar-refractivity contribution >= 4 is 44.6 Å². The molecule has 0 atom stereocenters. The molecule has 3 N–H and O–H groups in total. The van der Waals surface area contributed by atoms with Crippen molar-refractivity contribution in [1.29, 1.82) is 0 Å². The summed E-state index contributed by atoms with van der Waals surface area (Å²) < 4.78 is 26.3. The Morgan fingerprint density at radius 2 is 2.10 bits per heavy atom. The molecular weight excluding hydrogens is 316 g/mol. The molecule has 0 aliphatic heterocycles. The van der Waals surface area contributed by atoms with Gasteiger partial charge in [-0.25, -0.2) is 13.1 Å². The lowest BCUT2D eigenvalue weighted by Gasteiger charge is -2.04. The molecule has 0 unspecified atom stereocenters. The van der Waals surface area contributed by atoms with Gasteiger partial charge in [0.1, 0.15) is 0 Å². The monoisotopic (exact) mass is 328 g/mol. The van der Waals surface area contributed by atoms with Crippen molar-refractivity contribution in [2.24, 2.45) is 17.3 Å². The van der Waals surface area contributed by atoms with Crippen LogP contribution in [0.3, 0.4) is 0 Å². The van der Waals surface area contributed by atoms with Crippen LogP contribution >= 0.6 is 11.6 Å². The first-order chi connectivity index (χ1) is 9.76. The van der Waals surface area contributed by atoms with E-state index in [9.17, 15) is 8.42 Å².